The molecule has 0 radical (unpaired) electrons. The van der Waals surface area contributed by atoms with Crippen molar-refractivity contribution >= 4 is 5.91 Å². The van der Waals surface area contributed by atoms with Crippen molar-refractivity contribution in [1.29, 1.82) is 0 Å². The number of hydrogen-bond donors (Lipinski definition) is 1. The fourth-order valence-electron chi connectivity index (χ4n) is 3.48. The first-order valence-electron chi connectivity index (χ1n) is 6.04. The first-order chi connectivity index (χ1) is 7.45. The van der Waals surface area contributed by atoms with E-state index in [2.05, 4.69) is 32.3 Å². The van der Waals surface area contributed by atoms with Gasteiger partial charge in [0.1, 0.15) is 0 Å². The SMILES string of the molecule is C=CCNC(=O)C12CCC(C1)C(C)(C)C2=C. The van der Waals surface area contributed by atoms with Crippen LogP contribution in [0.25, 0.3) is 0 Å². The molecule has 2 heteroatoms. The van der Waals surface area contributed by atoms with Crippen LogP contribution in [0.4, 0.5) is 0 Å². The van der Waals surface area contributed by atoms with Crippen LogP contribution in [0.2, 0.25) is 0 Å². The van der Waals surface area contributed by atoms with Crippen molar-refractivity contribution in [3.63, 3.8) is 0 Å². The van der Waals surface area contributed by atoms with Gasteiger partial charge in [-0.3, -0.25) is 4.79 Å². The normalized spacial score (nSPS) is 35.1. The van der Waals surface area contributed by atoms with Gasteiger partial charge in [0, 0.05) is 6.54 Å². The van der Waals surface area contributed by atoms with Crippen molar-refractivity contribution in [3.05, 3.63) is 24.8 Å². The summed E-state index contributed by atoms with van der Waals surface area (Å²) in [7, 11) is 0. The van der Waals surface area contributed by atoms with Crippen LogP contribution in [0.5, 0.6) is 0 Å². The van der Waals surface area contributed by atoms with Gasteiger partial charge in [-0.15, -0.1) is 6.58 Å². The van der Waals surface area contributed by atoms with Crippen LogP contribution in [0.3, 0.4) is 0 Å². The van der Waals surface area contributed by atoms with Crippen molar-refractivity contribution in [2.24, 2.45) is 16.7 Å². The highest BCUT2D eigenvalue weighted by Gasteiger charge is 2.60. The predicted molar refractivity (Wildman–Crippen MR) is 65.9 cm³/mol. The van der Waals surface area contributed by atoms with Gasteiger partial charge in [-0.05, 0) is 30.6 Å². The van der Waals surface area contributed by atoms with Gasteiger partial charge in [0.2, 0.25) is 5.91 Å². The molecule has 2 saturated carbocycles. The lowest BCUT2D eigenvalue weighted by molar-refractivity contribution is -0.128. The molecule has 0 aliphatic heterocycles. The molecule has 2 aliphatic carbocycles. The summed E-state index contributed by atoms with van der Waals surface area (Å²) in [6, 6.07) is 0. The van der Waals surface area contributed by atoms with Crippen molar-refractivity contribution < 1.29 is 4.79 Å². The van der Waals surface area contributed by atoms with E-state index in [1.165, 1.54) is 0 Å². The quantitative estimate of drug-likeness (QED) is 0.726. The molecule has 2 fully saturated rings. The van der Waals surface area contributed by atoms with Crippen LogP contribution in [-0.4, -0.2) is 12.5 Å². The number of rotatable bonds is 3. The maximum absolute atomic E-state index is 12.3. The molecule has 2 unspecified atom stereocenters. The van der Waals surface area contributed by atoms with E-state index in [1.807, 2.05) is 0 Å². The topological polar surface area (TPSA) is 29.1 Å². The third-order valence-electron chi connectivity index (χ3n) is 4.73. The lowest BCUT2D eigenvalue weighted by atomic mass is 9.68. The minimum absolute atomic E-state index is 0.129. The number of carbonyl (C=O) groups is 1. The van der Waals surface area contributed by atoms with Gasteiger partial charge in [0.25, 0.3) is 0 Å². The Hall–Kier alpha value is -1.05. The highest BCUT2D eigenvalue weighted by atomic mass is 16.2. The molecule has 2 rings (SSSR count). The standard InChI is InChI=1S/C14H21NO/c1-5-8-15-12(16)14-7-6-11(9-14)13(3,4)10(14)2/h5,11H,1-2,6-9H2,3-4H3,(H,15,16). The van der Waals surface area contributed by atoms with Crippen LogP contribution in [0.1, 0.15) is 33.1 Å². The van der Waals surface area contributed by atoms with Crippen molar-refractivity contribution in [1.82, 2.24) is 5.32 Å². The van der Waals surface area contributed by atoms with Gasteiger partial charge < -0.3 is 5.32 Å². The lowest BCUT2D eigenvalue weighted by Crippen LogP contribution is -2.41. The molecule has 2 aliphatic rings. The molecule has 0 saturated heterocycles. The third kappa shape index (κ3) is 1.28. The molecule has 0 heterocycles. The van der Waals surface area contributed by atoms with E-state index < -0.39 is 0 Å². The Bertz CT molecular complexity index is 356. The van der Waals surface area contributed by atoms with Crippen molar-refractivity contribution in [3.8, 4) is 0 Å². The molecular formula is C14H21NO. The Morgan fingerprint density at radius 1 is 1.62 bits per heavy atom. The van der Waals surface area contributed by atoms with E-state index in [-0.39, 0.29) is 16.7 Å². The Labute approximate surface area is 97.8 Å². The summed E-state index contributed by atoms with van der Waals surface area (Å²) in [5.74, 6) is 0.792. The molecule has 1 amide bonds. The molecule has 2 nitrogen and oxygen atoms in total. The van der Waals surface area contributed by atoms with Gasteiger partial charge >= 0.3 is 0 Å². The number of amides is 1. The molecule has 0 spiro atoms. The van der Waals surface area contributed by atoms with Crippen LogP contribution in [0.15, 0.2) is 24.8 Å². The number of nitrogens with one attached hydrogen (secondary N) is 1. The van der Waals surface area contributed by atoms with E-state index in [0.717, 1.165) is 24.8 Å². The number of hydrogen-bond acceptors (Lipinski definition) is 1. The van der Waals surface area contributed by atoms with Gasteiger partial charge in [-0.25, -0.2) is 0 Å². The van der Waals surface area contributed by atoms with Gasteiger partial charge in [-0.2, -0.15) is 0 Å². The fraction of sp³-hybridized carbons (Fsp3) is 0.643. The van der Waals surface area contributed by atoms with E-state index >= 15 is 0 Å². The average Bonchev–Trinajstić information content (AvgIpc) is 2.76. The second-order valence-electron chi connectivity index (χ2n) is 5.72. The summed E-state index contributed by atoms with van der Waals surface area (Å²) in [5, 5.41) is 2.94. The fourth-order valence-corrected chi connectivity index (χ4v) is 3.48. The van der Waals surface area contributed by atoms with Crippen LogP contribution < -0.4 is 5.32 Å². The number of carbonyl (C=O) groups excluding carboxylic acids is 1. The van der Waals surface area contributed by atoms with Crippen LogP contribution in [-0.2, 0) is 4.79 Å². The summed E-state index contributed by atoms with van der Waals surface area (Å²) < 4.78 is 0. The van der Waals surface area contributed by atoms with Crippen molar-refractivity contribution in [2.45, 2.75) is 33.1 Å². The molecule has 0 aromatic carbocycles. The summed E-state index contributed by atoms with van der Waals surface area (Å²) in [6.07, 6.45) is 4.85. The second-order valence-corrected chi connectivity index (χ2v) is 5.72. The maximum Gasteiger partial charge on any atom is 0.230 e. The highest BCUT2D eigenvalue weighted by Crippen LogP contribution is 2.65. The first kappa shape index (κ1) is 11.4. The van der Waals surface area contributed by atoms with Crippen molar-refractivity contribution in [2.75, 3.05) is 6.54 Å². The Kier molecular flexibility index (Phi) is 2.48. The first-order valence-corrected chi connectivity index (χ1v) is 6.04. The zero-order valence-corrected chi connectivity index (χ0v) is 10.3. The van der Waals surface area contributed by atoms with Gasteiger partial charge in [-0.1, -0.05) is 32.1 Å². The summed E-state index contributed by atoms with van der Waals surface area (Å²) in [4.78, 5) is 12.3. The summed E-state index contributed by atoms with van der Waals surface area (Å²) in [5.41, 5.74) is 0.985. The molecule has 16 heavy (non-hydrogen) atoms. The summed E-state index contributed by atoms with van der Waals surface area (Å²) >= 11 is 0. The number of fused-ring (bicyclic) bond motifs is 2. The van der Waals surface area contributed by atoms with Gasteiger partial charge in [0.05, 0.1) is 5.41 Å². The zero-order chi connectivity index (χ0) is 12.0. The minimum atomic E-state index is -0.281. The Morgan fingerprint density at radius 3 is 2.81 bits per heavy atom. The summed E-state index contributed by atoms with van der Waals surface area (Å²) in [6.45, 7) is 12.8. The second kappa shape index (κ2) is 3.47. The third-order valence-corrected chi connectivity index (χ3v) is 4.73. The van der Waals surface area contributed by atoms with E-state index in [1.54, 1.807) is 6.08 Å². The molecule has 88 valence electrons. The Balaban J connectivity index is 2.23. The molecular weight excluding hydrogens is 198 g/mol. The predicted octanol–water partition coefficient (Wildman–Crippen LogP) is 2.67. The molecule has 2 bridgehead atoms. The average molecular weight is 219 g/mol. The Morgan fingerprint density at radius 2 is 2.31 bits per heavy atom. The molecule has 2 atom stereocenters. The smallest absolute Gasteiger partial charge is 0.230 e. The largest absolute Gasteiger partial charge is 0.352 e. The van der Waals surface area contributed by atoms with Crippen LogP contribution >= 0.6 is 0 Å². The van der Waals surface area contributed by atoms with Gasteiger partial charge in [0.15, 0.2) is 0 Å². The molecule has 0 aromatic rings. The lowest BCUT2D eigenvalue weighted by Gasteiger charge is -2.37. The molecule has 1 N–H and O–H groups in total. The zero-order valence-electron chi connectivity index (χ0n) is 10.3. The maximum atomic E-state index is 12.3. The van der Waals surface area contributed by atoms with Crippen LogP contribution in [0, 0.1) is 16.7 Å². The van der Waals surface area contributed by atoms with E-state index in [0.29, 0.717) is 12.5 Å². The minimum Gasteiger partial charge on any atom is -0.352 e. The molecule has 0 aromatic heterocycles. The van der Waals surface area contributed by atoms with E-state index in [4.69, 9.17) is 0 Å². The van der Waals surface area contributed by atoms with E-state index in [9.17, 15) is 4.79 Å². The highest BCUT2D eigenvalue weighted by molar-refractivity contribution is 5.87. The monoisotopic (exact) mass is 219 g/mol.